The first-order valence-corrected chi connectivity index (χ1v) is 7.72. The molecule has 0 aliphatic carbocycles. The van der Waals surface area contributed by atoms with E-state index in [-0.39, 0.29) is 5.97 Å². The highest BCUT2D eigenvalue weighted by atomic mass is 32.1. The van der Waals surface area contributed by atoms with Crippen molar-refractivity contribution in [2.75, 3.05) is 30.3 Å². The Morgan fingerprint density at radius 1 is 1.37 bits per heavy atom. The van der Waals surface area contributed by atoms with Crippen molar-refractivity contribution >= 4 is 28.3 Å². The van der Waals surface area contributed by atoms with E-state index < -0.39 is 0 Å². The summed E-state index contributed by atoms with van der Waals surface area (Å²) in [5.74, 6) is -0.0525. The standard InChI is InChI=1S/C13H21N3O2S/c1-2-9-18-12(17)10-11(14)15-13(19-10)16-7-5-3-4-6-8-16/h2-9,14H2,1H3. The second-order valence-corrected chi connectivity index (χ2v) is 5.73. The molecule has 0 aromatic carbocycles. The molecule has 2 N–H and O–H groups in total. The third-order valence-corrected chi connectivity index (χ3v) is 4.25. The van der Waals surface area contributed by atoms with Crippen LogP contribution in [-0.4, -0.2) is 30.6 Å². The van der Waals surface area contributed by atoms with Gasteiger partial charge in [0.1, 0.15) is 0 Å². The van der Waals surface area contributed by atoms with Gasteiger partial charge in [-0.25, -0.2) is 9.78 Å². The summed E-state index contributed by atoms with van der Waals surface area (Å²) < 4.78 is 5.12. The second kappa shape index (κ2) is 6.75. The molecule has 0 atom stereocenters. The first kappa shape index (κ1) is 14.1. The number of hydrogen-bond acceptors (Lipinski definition) is 6. The molecule has 19 heavy (non-hydrogen) atoms. The fourth-order valence-corrected chi connectivity index (χ4v) is 3.05. The largest absolute Gasteiger partial charge is 0.461 e. The third kappa shape index (κ3) is 3.59. The van der Waals surface area contributed by atoms with Crippen molar-refractivity contribution in [2.45, 2.75) is 39.0 Å². The maximum atomic E-state index is 11.8. The lowest BCUT2D eigenvalue weighted by Crippen LogP contribution is -2.23. The van der Waals surface area contributed by atoms with Crippen molar-refractivity contribution in [1.29, 1.82) is 0 Å². The van der Waals surface area contributed by atoms with Gasteiger partial charge < -0.3 is 15.4 Å². The Hall–Kier alpha value is -1.30. The Morgan fingerprint density at radius 3 is 2.68 bits per heavy atom. The van der Waals surface area contributed by atoms with E-state index in [1.54, 1.807) is 0 Å². The topological polar surface area (TPSA) is 68.5 Å². The summed E-state index contributed by atoms with van der Waals surface area (Å²) in [5.41, 5.74) is 5.83. The van der Waals surface area contributed by atoms with Crippen molar-refractivity contribution < 1.29 is 9.53 Å². The van der Waals surface area contributed by atoms with Gasteiger partial charge in [-0.05, 0) is 19.3 Å². The van der Waals surface area contributed by atoms with Crippen LogP contribution in [0.4, 0.5) is 10.9 Å². The van der Waals surface area contributed by atoms with Crippen molar-refractivity contribution in [1.82, 2.24) is 4.98 Å². The van der Waals surface area contributed by atoms with Gasteiger partial charge in [-0.3, -0.25) is 0 Å². The van der Waals surface area contributed by atoms with Gasteiger partial charge >= 0.3 is 5.97 Å². The molecular weight excluding hydrogens is 262 g/mol. The molecular formula is C13H21N3O2S. The van der Waals surface area contributed by atoms with Crippen LogP contribution in [0.1, 0.15) is 48.7 Å². The van der Waals surface area contributed by atoms with Crippen LogP contribution in [0, 0.1) is 0 Å². The van der Waals surface area contributed by atoms with E-state index in [2.05, 4.69) is 9.88 Å². The first-order valence-electron chi connectivity index (χ1n) is 6.90. The predicted octanol–water partition coefficient (Wildman–Crippen LogP) is 2.67. The fourth-order valence-electron chi connectivity index (χ4n) is 2.12. The number of ether oxygens (including phenoxy) is 1. The Kier molecular flexibility index (Phi) is 5.01. The van der Waals surface area contributed by atoms with Crippen molar-refractivity contribution in [3.8, 4) is 0 Å². The molecule has 1 saturated heterocycles. The van der Waals surface area contributed by atoms with Crippen LogP contribution in [0.5, 0.6) is 0 Å². The highest BCUT2D eigenvalue weighted by Gasteiger charge is 2.21. The zero-order valence-electron chi connectivity index (χ0n) is 11.4. The van der Waals surface area contributed by atoms with Crippen LogP contribution < -0.4 is 10.6 Å². The summed E-state index contributed by atoms with van der Waals surface area (Å²) >= 11 is 1.35. The number of anilines is 2. The van der Waals surface area contributed by atoms with E-state index in [1.807, 2.05) is 6.92 Å². The maximum absolute atomic E-state index is 11.8. The number of thiazole rings is 1. The van der Waals surface area contributed by atoms with Gasteiger partial charge in [-0.2, -0.15) is 0 Å². The molecule has 1 fully saturated rings. The number of esters is 1. The molecule has 2 rings (SSSR count). The van der Waals surface area contributed by atoms with E-state index in [0.29, 0.717) is 17.3 Å². The lowest BCUT2D eigenvalue weighted by atomic mass is 10.2. The lowest BCUT2D eigenvalue weighted by Gasteiger charge is -2.18. The van der Waals surface area contributed by atoms with Gasteiger partial charge in [0.15, 0.2) is 15.8 Å². The SMILES string of the molecule is CCCOC(=O)c1sc(N2CCCCCC2)nc1N. The minimum Gasteiger partial charge on any atom is -0.461 e. The fraction of sp³-hybridized carbons (Fsp3) is 0.692. The molecule has 1 aliphatic rings. The molecule has 0 radical (unpaired) electrons. The Balaban J connectivity index is 2.08. The van der Waals surface area contributed by atoms with Crippen LogP contribution in [0.2, 0.25) is 0 Å². The summed E-state index contributed by atoms with van der Waals surface area (Å²) in [5, 5.41) is 0.850. The molecule has 0 bridgehead atoms. The van der Waals surface area contributed by atoms with E-state index in [9.17, 15) is 4.79 Å². The maximum Gasteiger partial charge on any atom is 0.352 e. The van der Waals surface area contributed by atoms with E-state index in [1.165, 1.54) is 37.0 Å². The summed E-state index contributed by atoms with van der Waals surface area (Å²) in [7, 11) is 0. The van der Waals surface area contributed by atoms with E-state index >= 15 is 0 Å². The number of nitrogens with zero attached hydrogens (tertiary/aromatic N) is 2. The normalized spacial score (nSPS) is 16.2. The highest BCUT2D eigenvalue weighted by Crippen LogP contribution is 2.30. The molecule has 6 heteroatoms. The van der Waals surface area contributed by atoms with Crippen LogP contribution in [0.3, 0.4) is 0 Å². The number of aromatic nitrogens is 1. The van der Waals surface area contributed by atoms with Crippen LogP contribution in [0.15, 0.2) is 0 Å². The zero-order chi connectivity index (χ0) is 13.7. The van der Waals surface area contributed by atoms with Gasteiger partial charge in [0.2, 0.25) is 0 Å². The second-order valence-electron chi connectivity index (χ2n) is 4.75. The number of carbonyl (C=O) groups excluding carboxylic acids is 1. The summed E-state index contributed by atoms with van der Waals surface area (Å²) in [4.78, 5) is 18.8. The average molecular weight is 283 g/mol. The molecule has 0 saturated carbocycles. The number of nitrogen functional groups attached to an aromatic ring is 1. The molecule has 0 unspecified atom stereocenters. The van der Waals surface area contributed by atoms with Gasteiger partial charge in [0.25, 0.3) is 0 Å². The van der Waals surface area contributed by atoms with E-state index in [4.69, 9.17) is 10.5 Å². The summed E-state index contributed by atoms with van der Waals surface area (Å²) in [6.45, 7) is 4.38. The Bertz CT molecular complexity index is 426. The molecule has 0 spiro atoms. The Labute approximate surface area is 117 Å². The van der Waals surface area contributed by atoms with Gasteiger partial charge in [0, 0.05) is 13.1 Å². The quantitative estimate of drug-likeness (QED) is 0.860. The van der Waals surface area contributed by atoms with Crippen LogP contribution in [0.25, 0.3) is 0 Å². The minimum absolute atomic E-state index is 0.297. The third-order valence-electron chi connectivity index (χ3n) is 3.14. The van der Waals surface area contributed by atoms with Crippen LogP contribution >= 0.6 is 11.3 Å². The number of rotatable bonds is 4. The lowest BCUT2D eigenvalue weighted by molar-refractivity contribution is 0.0512. The van der Waals surface area contributed by atoms with Crippen molar-refractivity contribution in [2.24, 2.45) is 0 Å². The van der Waals surface area contributed by atoms with Gasteiger partial charge in [-0.1, -0.05) is 31.1 Å². The summed E-state index contributed by atoms with van der Waals surface area (Å²) in [6, 6.07) is 0. The number of nitrogens with two attached hydrogens (primary N) is 1. The monoisotopic (exact) mass is 283 g/mol. The first-order chi connectivity index (χ1) is 9.22. The highest BCUT2D eigenvalue weighted by molar-refractivity contribution is 7.18. The Morgan fingerprint density at radius 2 is 2.05 bits per heavy atom. The summed E-state index contributed by atoms with van der Waals surface area (Å²) in [6.07, 6.45) is 5.69. The predicted molar refractivity (Wildman–Crippen MR) is 77.8 cm³/mol. The molecule has 1 aromatic heterocycles. The van der Waals surface area contributed by atoms with Crippen molar-refractivity contribution in [3.63, 3.8) is 0 Å². The number of carbonyl (C=O) groups is 1. The van der Waals surface area contributed by atoms with Gasteiger partial charge in [-0.15, -0.1) is 0 Å². The molecule has 1 aromatic rings. The molecule has 106 valence electrons. The molecule has 2 heterocycles. The molecule has 5 nitrogen and oxygen atoms in total. The average Bonchev–Trinajstić information content (AvgIpc) is 2.65. The number of hydrogen-bond donors (Lipinski definition) is 1. The zero-order valence-corrected chi connectivity index (χ0v) is 12.2. The van der Waals surface area contributed by atoms with E-state index in [0.717, 1.165) is 24.6 Å². The minimum atomic E-state index is -0.349. The molecule has 1 aliphatic heterocycles. The smallest absolute Gasteiger partial charge is 0.352 e. The van der Waals surface area contributed by atoms with Gasteiger partial charge in [0.05, 0.1) is 6.61 Å². The molecule has 0 amide bonds. The van der Waals surface area contributed by atoms with Crippen LogP contribution in [-0.2, 0) is 4.74 Å². The van der Waals surface area contributed by atoms with Crippen molar-refractivity contribution in [3.05, 3.63) is 4.88 Å².